The highest BCUT2D eigenvalue weighted by Crippen LogP contribution is 2.31. The molecule has 40 heavy (non-hydrogen) atoms. The molecular weight excluding hydrogens is 554 g/mol. The Labute approximate surface area is 242 Å². The fraction of sp³-hybridized carbons (Fsp3) is 0.241. The zero-order valence-corrected chi connectivity index (χ0v) is 23.8. The maximum atomic E-state index is 13.6. The van der Waals surface area contributed by atoms with E-state index in [4.69, 9.17) is 38.0 Å². The first-order valence-electron chi connectivity index (χ1n) is 12.3. The van der Waals surface area contributed by atoms with Crippen LogP contribution in [0.4, 0.5) is 11.4 Å². The van der Waals surface area contributed by atoms with Crippen molar-refractivity contribution in [1.29, 1.82) is 0 Å². The first-order chi connectivity index (χ1) is 19.2. The number of hydrogen-bond acceptors (Lipinski definition) is 7. The standard InChI is InChI=1S/C29H28ClN3O6S/c1-37-24-13-4-18(16-25(24)38-2)14-15-32-23(27(35)33(29(32)40)22-11-7-20(30)8-12-22)17-26(34)31-21-9-5-19(6-10-21)28(36)39-3/h4-13,16,23H,14-15,17H2,1-3H3,(H,31,34). The fourth-order valence-electron chi connectivity index (χ4n) is 4.40. The molecule has 11 heteroatoms. The molecule has 1 fully saturated rings. The summed E-state index contributed by atoms with van der Waals surface area (Å²) in [5, 5.41) is 3.62. The lowest BCUT2D eigenvalue weighted by Gasteiger charge is -2.24. The van der Waals surface area contributed by atoms with Gasteiger partial charge in [-0.3, -0.25) is 14.5 Å². The fourth-order valence-corrected chi connectivity index (χ4v) is 4.94. The zero-order valence-electron chi connectivity index (χ0n) is 22.2. The Bertz CT molecular complexity index is 1410. The average molecular weight is 582 g/mol. The summed E-state index contributed by atoms with van der Waals surface area (Å²) < 4.78 is 15.4. The second-order valence-corrected chi connectivity index (χ2v) is 9.70. The minimum atomic E-state index is -0.822. The van der Waals surface area contributed by atoms with E-state index in [2.05, 4.69) is 5.32 Å². The minimum absolute atomic E-state index is 0.131. The van der Waals surface area contributed by atoms with Crippen LogP contribution in [0, 0.1) is 0 Å². The van der Waals surface area contributed by atoms with Crippen molar-refractivity contribution >= 4 is 58.1 Å². The average Bonchev–Trinajstić information content (AvgIpc) is 3.19. The first kappa shape index (κ1) is 28.8. The number of ether oxygens (including phenoxy) is 3. The number of benzene rings is 3. The van der Waals surface area contributed by atoms with Crippen LogP contribution >= 0.6 is 23.8 Å². The van der Waals surface area contributed by atoms with Gasteiger partial charge in [0.2, 0.25) is 5.91 Å². The first-order valence-corrected chi connectivity index (χ1v) is 13.1. The Kier molecular flexibility index (Phi) is 9.23. The van der Waals surface area contributed by atoms with Crippen molar-refractivity contribution in [1.82, 2.24) is 4.90 Å². The van der Waals surface area contributed by atoms with E-state index in [1.807, 2.05) is 18.2 Å². The van der Waals surface area contributed by atoms with Gasteiger partial charge in [-0.1, -0.05) is 17.7 Å². The topological polar surface area (TPSA) is 97.4 Å². The van der Waals surface area contributed by atoms with Crippen LogP contribution in [0.3, 0.4) is 0 Å². The number of hydrogen-bond donors (Lipinski definition) is 1. The normalized spacial score (nSPS) is 14.8. The van der Waals surface area contributed by atoms with E-state index in [0.29, 0.717) is 51.5 Å². The van der Waals surface area contributed by atoms with Gasteiger partial charge in [-0.05, 0) is 84.9 Å². The molecule has 1 aliphatic rings. The Morgan fingerprint density at radius 3 is 2.25 bits per heavy atom. The zero-order chi connectivity index (χ0) is 28.8. The van der Waals surface area contributed by atoms with Crippen LogP contribution < -0.4 is 19.7 Å². The molecule has 3 aromatic carbocycles. The number of nitrogens with one attached hydrogen (secondary N) is 1. The van der Waals surface area contributed by atoms with Crippen molar-refractivity contribution in [2.24, 2.45) is 0 Å². The van der Waals surface area contributed by atoms with Crippen molar-refractivity contribution in [3.05, 3.63) is 82.9 Å². The quantitative estimate of drug-likeness (QED) is 0.271. The Balaban J connectivity index is 1.54. The van der Waals surface area contributed by atoms with Gasteiger partial charge in [0.05, 0.1) is 39.0 Å². The van der Waals surface area contributed by atoms with Gasteiger partial charge in [0.1, 0.15) is 6.04 Å². The summed E-state index contributed by atoms with van der Waals surface area (Å²) in [4.78, 5) is 41.6. The summed E-state index contributed by atoms with van der Waals surface area (Å²) in [7, 11) is 4.43. The third kappa shape index (κ3) is 6.35. The van der Waals surface area contributed by atoms with Gasteiger partial charge in [-0.25, -0.2) is 4.79 Å². The van der Waals surface area contributed by atoms with E-state index in [0.717, 1.165) is 5.56 Å². The Hall–Kier alpha value is -4.15. The lowest BCUT2D eigenvalue weighted by molar-refractivity contribution is -0.124. The van der Waals surface area contributed by atoms with Crippen LogP contribution in [-0.4, -0.2) is 61.7 Å². The molecule has 208 valence electrons. The number of methoxy groups -OCH3 is 3. The van der Waals surface area contributed by atoms with Gasteiger partial charge in [0.25, 0.3) is 5.91 Å². The van der Waals surface area contributed by atoms with Crippen LogP contribution in [0.25, 0.3) is 0 Å². The lowest BCUT2D eigenvalue weighted by Crippen LogP contribution is -2.39. The highest BCUT2D eigenvalue weighted by atomic mass is 35.5. The maximum absolute atomic E-state index is 13.6. The van der Waals surface area contributed by atoms with Crippen LogP contribution in [0.1, 0.15) is 22.3 Å². The second kappa shape index (κ2) is 12.8. The van der Waals surface area contributed by atoms with E-state index >= 15 is 0 Å². The number of carbonyl (C=O) groups excluding carboxylic acids is 3. The molecule has 1 atom stereocenters. The largest absolute Gasteiger partial charge is 0.493 e. The third-order valence-corrected chi connectivity index (χ3v) is 7.13. The van der Waals surface area contributed by atoms with E-state index in [-0.39, 0.29) is 18.2 Å². The number of nitrogens with zero attached hydrogens (tertiary/aromatic N) is 2. The third-order valence-electron chi connectivity index (χ3n) is 6.46. The molecular formula is C29H28ClN3O6S. The molecule has 0 saturated carbocycles. The molecule has 1 saturated heterocycles. The predicted molar refractivity (Wildman–Crippen MR) is 156 cm³/mol. The molecule has 0 radical (unpaired) electrons. The number of halogens is 1. The van der Waals surface area contributed by atoms with Crippen molar-refractivity contribution < 1.29 is 28.6 Å². The van der Waals surface area contributed by atoms with Crippen LogP contribution in [0.2, 0.25) is 5.02 Å². The molecule has 4 rings (SSSR count). The lowest BCUT2D eigenvalue weighted by atomic mass is 10.1. The molecule has 9 nitrogen and oxygen atoms in total. The van der Waals surface area contributed by atoms with Gasteiger partial charge in [0.15, 0.2) is 16.6 Å². The van der Waals surface area contributed by atoms with E-state index in [9.17, 15) is 14.4 Å². The van der Waals surface area contributed by atoms with Crippen LogP contribution in [-0.2, 0) is 20.7 Å². The number of carbonyl (C=O) groups is 3. The summed E-state index contributed by atoms with van der Waals surface area (Å²) in [5.41, 5.74) is 2.36. The monoisotopic (exact) mass is 581 g/mol. The number of esters is 1. The summed E-state index contributed by atoms with van der Waals surface area (Å²) >= 11 is 11.8. The summed E-state index contributed by atoms with van der Waals surface area (Å²) in [5.74, 6) is 0.0467. The van der Waals surface area contributed by atoms with Gasteiger partial charge in [-0.2, -0.15) is 0 Å². The molecule has 1 heterocycles. The molecule has 3 aromatic rings. The highest BCUT2D eigenvalue weighted by Gasteiger charge is 2.43. The van der Waals surface area contributed by atoms with E-state index in [1.165, 1.54) is 12.0 Å². The molecule has 2 amide bonds. The van der Waals surface area contributed by atoms with Crippen molar-refractivity contribution in [3.63, 3.8) is 0 Å². The Morgan fingerprint density at radius 2 is 1.62 bits per heavy atom. The Morgan fingerprint density at radius 1 is 0.950 bits per heavy atom. The van der Waals surface area contributed by atoms with Crippen molar-refractivity contribution in [3.8, 4) is 11.5 Å². The summed E-state index contributed by atoms with van der Waals surface area (Å²) in [6.45, 7) is 0.385. The number of rotatable bonds is 10. The SMILES string of the molecule is COC(=O)c1ccc(NC(=O)CC2C(=O)N(c3ccc(Cl)cc3)C(=S)N2CCc2ccc(OC)c(OC)c2)cc1. The molecule has 1 aliphatic heterocycles. The number of amides is 2. The molecule has 0 spiro atoms. The van der Waals surface area contributed by atoms with Gasteiger partial charge < -0.3 is 24.4 Å². The highest BCUT2D eigenvalue weighted by molar-refractivity contribution is 7.80. The van der Waals surface area contributed by atoms with Crippen molar-refractivity contribution in [2.45, 2.75) is 18.9 Å². The smallest absolute Gasteiger partial charge is 0.337 e. The van der Waals surface area contributed by atoms with Gasteiger partial charge in [0, 0.05) is 17.3 Å². The molecule has 1 unspecified atom stereocenters. The maximum Gasteiger partial charge on any atom is 0.337 e. The van der Waals surface area contributed by atoms with Crippen LogP contribution in [0.5, 0.6) is 11.5 Å². The number of anilines is 2. The van der Waals surface area contributed by atoms with E-state index < -0.39 is 12.0 Å². The summed E-state index contributed by atoms with van der Waals surface area (Å²) in [6, 6.07) is 17.9. The predicted octanol–water partition coefficient (Wildman–Crippen LogP) is 4.72. The van der Waals surface area contributed by atoms with Crippen LogP contribution in [0.15, 0.2) is 66.7 Å². The molecule has 0 bridgehead atoms. The van der Waals surface area contributed by atoms with Crippen molar-refractivity contribution in [2.75, 3.05) is 38.1 Å². The van der Waals surface area contributed by atoms with E-state index in [1.54, 1.807) is 67.7 Å². The number of thiocarbonyl (C=S) groups is 1. The van der Waals surface area contributed by atoms with Gasteiger partial charge in [-0.15, -0.1) is 0 Å². The second-order valence-electron chi connectivity index (χ2n) is 8.90. The molecule has 0 aromatic heterocycles. The molecule has 1 N–H and O–H groups in total. The summed E-state index contributed by atoms with van der Waals surface area (Å²) in [6.07, 6.45) is 0.406. The van der Waals surface area contributed by atoms with Gasteiger partial charge >= 0.3 is 5.97 Å². The minimum Gasteiger partial charge on any atom is -0.493 e. The molecule has 0 aliphatic carbocycles.